The van der Waals surface area contributed by atoms with Gasteiger partial charge in [-0.15, -0.1) is 12.4 Å². The fourth-order valence-electron chi connectivity index (χ4n) is 0.904. The zero-order chi connectivity index (χ0) is 10.1. The Kier molecular flexibility index (Phi) is 5.17. The molecular weight excluding hydrogens is 329 g/mol. The van der Waals surface area contributed by atoms with Crippen molar-refractivity contribution in [3.05, 3.63) is 33.4 Å². The number of nitrogens with two attached hydrogens (primary N) is 1. The van der Waals surface area contributed by atoms with Gasteiger partial charge in [-0.2, -0.15) is 13.2 Å². The van der Waals surface area contributed by atoms with Gasteiger partial charge in [-0.3, -0.25) is 0 Å². The molecule has 1 aromatic rings. The standard InChI is InChI=1S/C8H7F3IN.ClH/c9-8(10,11)7(13)5-3-1-2-4-6(5)12;/h1-4,7H,13H2;1H/t7-;/m1./s1. The summed E-state index contributed by atoms with van der Waals surface area (Å²) in [7, 11) is 0. The van der Waals surface area contributed by atoms with Gasteiger partial charge in [0, 0.05) is 3.57 Å². The second-order valence-electron chi connectivity index (χ2n) is 2.54. The van der Waals surface area contributed by atoms with Crippen LogP contribution in [0.4, 0.5) is 13.2 Å². The maximum Gasteiger partial charge on any atom is 0.407 e. The second-order valence-corrected chi connectivity index (χ2v) is 3.70. The Balaban J connectivity index is 0.00000169. The van der Waals surface area contributed by atoms with E-state index in [0.717, 1.165) is 0 Å². The van der Waals surface area contributed by atoms with Crippen molar-refractivity contribution in [3.63, 3.8) is 0 Å². The van der Waals surface area contributed by atoms with Crippen LogP contribution in [0.5, 0.6) is 0 Å². The number of benzene rings is 1. The Morgan fingerprint density at radius 3 is 2.14 bits per heavy atom. The Hall–Kier alpha value is -0.0100. The van der Waals surface area contributed by atoms with Crippen molar-refractivity contribution in [3.8, 4) is 0 Å². The lowest BCUT2D eigenvalue weighted by Gasteiger charge is -2.16. The van der Waals surface area contributed by atoms with Crippen molar-refractivity contribution in [2.45, 2.75) is 12.2 Å². The molecule has 2 N–H and O–H groups in total. The zero-order valence-electron chi connectivity index (χ0n) is 6.88. The van der Waals surface area contributed by atoms with Crippen molar-refractivity contribution < 1.29 is 13.2 Å². The largest absolute Gasteiger partial charge is 0.407 e. The van der Waals surface area contributed by atoms with Gasteiger partial charge >= 0.3 is 6.18 Å². The number of hydrogen-bond acceptors (Lipinski definition) is 1. The molecule has 0 bridgehead atoms. The maximum absolute atomic E-state index is 12.2. The van der Waals surface area contributed by atoms with Gasteiger partial charge < -0.3 is 5.73 Å². The Morgan fingerprint density at radius 2 is 1.71 bits per heavy atom. The van der Waals surface area contributed by atoms with Crippen LogP contribution in [0.2, 0.25) is 0 Å². The molecule has 0 saturated carbocycles. The molecule has 0 unspecified atom stereocenters. The van der Waals surface area contributed by atoms with Gasteiger partial charge in [0.15, 0.2) is 0 Å². The fourth-order valence-corrected chi connectivity index (χ4v) is 1.63. The van der Waals surface area contributed by atoms with Crippen LogP contribution in [0.3, 0.4) is 0 Å². The Morgan fingerprint density at radius 1 is 1.21 bits per heavy atom. The maximum atomic E-state index is 12.2. The summed E-state index contributed by atoms with van der Waals surface area (Å²) in [5.74, 6) is 0. The summed E-state index contributed by atoms with van der Waals surface area (Å²) in [6, 6.07) is 4.32. The van der Waals surface area contributed by atoms with Gasteiger partial charge in [0.05, 0.1) is 0 Å². The van der Waals surface area contributed by atoms with E-state index in [4.69, 9.17) is 5.73 Å². The quantitative estimate of drug-likeness (QED) is 0.782. The van der Waals surface area contributed by atoms with E-state index >= 15 is 0 Å². The van der Waals surface area contributed by atoms with E-state index in [0.29, 0.717) is 3.57 Å². The van der Waals surface area contributed by atoms with Gasteiger partial charge in [0.25, 0.3) is 0 Å². The van der Waals surface area contributed by atoms with E-state index in [2.05, 4.69) is 0 Å². The van der Waals surface area contributed by atoms with Crippen molar-refractivity contribution in [1.82, 2.24) is 0 Å². The summed E-state index contributed by atoms with van der Waals surface area (Å²) in [5, 5.41) is 0. The molecule has 1 rings (SSSR count). The lowest BCUT2D eigenvalue weighted by molar-refractivity contribution is -0.149. The number of alkyl halides is 3. The third kappa shape index (κ3) is 3.29. The molecule has 1 nitrogen and oxygen atoms in total. The monoisotopic (exact) mass is 337 g/mol. The SMILES string of the molecule is Cl.N[C@H](c1ccccc1I)C(F)(F)F. The van der Waals surface area contributed by atoms with Crippen LogP contribution in [0.15, 0.2) is 24.3 Å². The number of hydrogen-bond donors (Lipinski definition) is 1. The van der Waals surface area contributed by atoms with Crippen LogP contribution in [-0.4, -0.2) is 6.18 Å². The average Bonchev–Trinajstić information content (AvgIpc) is 2.02. The van der Waals surface area contributed by atoms with Gasteiger partial charge in [-0.05, 0) is 34.2 Å². The van der Waals surface area contributed by atoms with Gasteiger partial charge in [-0.25, -0.2) is 0 Å². The molecule has 0 fully saturated rings. The summed E-state index contributed by atoms with van der Waals surface area (Å²) in [6.45, 7) is 0. The van der Waals surface area contributed by atoms with E-state index in [-0.39, 0.29) is 18.0 Å². The minimum Gasteiger partial charge on any atom is -0.316 e. The molecule has 0 aliphatic carbocycles. The molecule has 0 aliphatic rings. The Bertz CT molecular complexity index is 303. The third-order valence-electron chi connectivity index (χ3n) is 1.59. The predicted octanol–water partition coefficient (Wildman–Crippen LogP) is 3.28. The lowest BCUT2D eigenvalue weighted by Crippen LogP contribution is -2.29. The minimum absolute atomic E-state index is 0. The van der Waals surface area contributed by atoms with Crippen LogP contribution >= 0.6 is 35.0 Å². The Labute approximate surface area is 99.4 Å². The molecule has 0 aliphatic heterocycles. The highest BCUT2D eigenvalue weighted by atomic mass is 127. The molecule has 80 valence electrons. The number of rotatable bonds is 1. The van der Waals surface area contributed by atoms with Gasteiger partial charge in [0.2, 0.25) is 0 Å². The second kappa shape index (κ2) is 5.18. The first-order chi connectivity index (χ1) is 5.93. The van der Waals surface area contributed by atoms with Crippen LogP contribution in [-0.2, 0) is 0 Å². The van der Waals surface area contributed by atoms with E-state index in [1.807, 2.05) is 22.6 Å². The zero-order valence-corrected chi connectivity index (χ0v) is 9.86. The molecule has 14 heavy (non-hydrogen) atoms. The summed E-state index contributed by atoms with van der Waals surface area (Å²) < 4.78 is 37.1. The summed E-state index contributed by atoms with van der Waals surface area (Å²) in [6.07, 6.45) is -4.37. The minimum atomic E-state index is -4.37. The lowest BCUT2D eigenvalue weighted by atomic mass is 10.1. The van der Waals surface area contributed by atoms with E-state index in [1.165, 1.54) is 6.07 Å². The molecule has 0 saturated heterocycles. The third-order valence-corrected chi connectivity index (χ3v) is 2.58. The van der Waals surface area contributed by atoms with E-state index < -0.39 is 12.2 Å². The highest BCUT2D eigenvalue weighted by Gasteiger charge is 2.38. The average molecular weight is 338 g/mol. The first kappa shape index (κ1) is 14.0. The normalized spacial score (nSPS) is 13.2. The summed E-state index contributed by atoms with van der Waals surface area (Å²) in [5.41, 5.74) is 5.16. The van der Waals surface area contributed by atoms with Gasteiger partial charge in [0.1, 0.15) is 6.04 Å². The molecule has 0 radical (unpaired) electrons. The highest BCUT2D eigenvalue weighted by molar-refractivity contribution is 14.1. The van der Waals surface area contributed by atoms with Crippen LogP contribution in [0.1, 0.15) is 11.6 Å². The topological polar surface area (TPSA) is 26.0 Å². The van der Waals surface area contributed by atoms with Crippen LogP contribution in [0, 0.1) is 3.57 Å². The number of halogens is 5. The molecule has 6 heteroatoms. The molecule has 1 atom stereocenters. The molecule has 0 amide bonds. The molecule has 0 spiro atoms. The van der Waals surface area contributed by atoms with E-state index in [1.54, 1.807) is 18.2 Å². The van der Waals surface area contributed by atoms with Crippen LogP contribution < -0.4 is 5.73 Å². The molecular formula is C8H8ClF3IN. The van der Waals surface area contributed by atoms with Crippen molar-refractivity contribution >= 4 is 35.0 Å². The highest BCUT2D eigenvalue weighted by Crippen LogP contribution is 2.32. The summed E-state index contributed by atoms with van der Waals surface area (Å²) >= 11 is 1.84. The summed E-state index contributed by atoms with van der Waals surface area (Å²) in [4.78, 5) is 0. The van der Waals surface area contributed by atoms with Crippen LogP contribution in [0.25, 0.3) is 0 Å². The van der Waals surface area contributed by atoms with Crippen molar-refractivity contribution in [2.24, 2.45) is 5.73 Å². The first-order valence-electron chi connectivity index (χ1n) is 3.49. The van der Waals surface area contributed by atoms with Crippen molar-refractivity contribution in [1.29, 1.82) is 0 Å². The molecule has 0 aromatic heterocycles. The fraction of sp³-hybridized carbons (Fsp3) is 0.250. The first-order valence-corrected chi connectivity index (χ1v) is 4.57. The molecule has 1 aromatic carbocycles. The van der Waals surface area contributed by atoms with Gasteiger partial charge in [-0.1, -0.05) is 18.2 Å². The van der Waals surface area contributed by atoms with E-state index in [9.17, 15) is 13.2 Å². The predicted molar refractivity (Wildman–Crippen MR) is 59.4 cm³/mol. The van der Waals surface area contributed by atoms with Crippen molar-refractivity contribution in [2.75, 3.05) is 0 Å². The molecule has 0 heterocycles. The smallest absolute Gasteiger partial charge is 0.316 e.